The maximum Gasteiger partial charge on any atom is 0.306 e. The topological polar surface area (TPSA) is 255 Å². The van der Waals surface area contributed by atoms with Crippen LogP contribution in [0.3, 0.4) is 0 Å². The number of alkyl halides is 1. The largest absolute Gasteiger partial charge is 0.481 e. The van der Waals surface area contributed by atoms with Gasteiger partial charge in [-0.15, -0.1) is 0 Å². The minimum atomic E-state index is -2.63. The lowest BCUT2D eigenvalue weighted by Crippen LogP contribution is -2.68. The first-order valence-electron chi connectivity index (χ1n) is 29.9. The molecule has 14 rings (SSSR count). The van der Waals surface area contributed by atoms with E-state index in [1.165, 1.54) is 0 Å². The SMILES string of the molecule is C=C1C[C@@H]2CC[C@]34OC([C@@H]5O[C@H]6CC[C@H](CC(=O)C[C@@H]7CC8OC9C[C@]%10(C[C@@H]%11O[C@@]%12(CC[C@@H]%11O%10)C[C@H](C)[C@@H]%10O[C@H](CC(=O)O)[C@H](O)C[C@@H]%10O%12)O[C@@H]9C[C@@H]8O[C@H]7C[C@H]7O[C@@H](CC[C@@H]1O2)C[C@@H](C)C7=C)O[C@@H]6[C@H](O3)[C@@H]5I)C(O)(O)C4O. The van der Waals surface area contributed by atoms with E-state index in [4.69, 9.17) is 61.6 Å². The molecule has 0 aliphatic carbocycles. The van der Waals surface area contributed by atoms with Crippen molar-refractivity contribution >= 4 is 34.3 Å². The summed E-state index contributed by atoms with van der Waals surface area (Å²) in [5.74, 6) is -7.11. The van der Waals surface area contributed by atoms with Crippen LogP contribution >= 0.6 is 22.6 Å². The number of ether oxygens (including phenoxy) is 13. The number of carbonyl (C=O) groups is 2. The van der Waals surface area contributed by atoms with Crippen LogP contribution < -0.4 is 0 Å². The molecule has 79 heavy (non-hydrogen) atoms. The van der Waals surface area contributed by atoms with Crippen LogP contribution in [0.1, 0.15) is 142 Å². The number of carboxylic acid groups (broad SMARTS) is 1. The van der Waals surface area contributed by atoms with Crippen LogP contribution in [0.5, 0.6) is 0 Å². The van der Waals surface area contributed by atoms with E-state index in [0.29, 0.717) is 83.5 Å². The Hall–Kier alpha value is -1.33. The number of ketones is 1. The number of fused-ring (bicyclic) bond motifs is 13. The molecule has 14 heterocycles. The van der Waals surface area contributed by atoms with E-state index in [0.717, 1.165) is 24.0 Å². The molecular weight excluding hydrogens is 1140 g/mol. The fourth-order valence-electron chi connectivity index (χ4n) is 17.3. The van der Waals surface area contributed by atoms with Crippen molar-refractivity contribution in [2.45, 2.75) is 304 Å². The average Bonchev–Trinajstić information content (AvgIpc) is 4.21. The molecule has 5 N–H and O–H groups in total. The number of Topliss-reactive ketones (excluding diaryl/α,β-unsaturated/α-hetero) is 1. The molecule has 10 bridgehead atoms. The quantitative estimate of drug-likeness (QED) is 0.110. The summed E-state index contributed by atoms with van der Waals surface area (Å²) < 4.78 is 87.9. The normalized spacial score (nSPS) is 55.9. The highest BCUT2D eigenvalue weighted by Gasteiger charge is 2.72. The number of carboxylic acids is 1. The molecule has 21 heteroatoms. The van der Waals surface area contributed by atoms with Gasteiger partial charge < -0.3 is 87.1 Å². The summed E-state index contributed by atoms with van der Waals surface area (Å²) in [6.45, 7) is 13.3. The Morgan fingerprint density at radius 2 is 1.33 bits per heavy atom. The fourth-order valence-corrected chi connectivity index (χ4v) is 18.4. The number of aliphatic hydroxyl groups excluding tert-OH is 2. The molecule has 3 spiro atoms. The second-order valence-electron chi connectivity index (χ2n) is 26.6. The van der Waals surface area contributed by atoms with Crippen molar-refractivity contribution < 1.29 is 96.7 Å². The van der Waals surface area contributed by atoms with Gasteiger partial charge in [-0.3, -0.25) is 9.59 Å². The second-order valence-corrected chi connectivity index (χ2v) is 28.1. The maximum atomic E-state index is 14.6. The summed E-state index contributed by atoms with van der Waals surface area (Å²) >= 11 is 2.23. The fraction of sp³-hybridized carbons (Fsp3) is 0.897. The van der Waals surface area contributed by atoms with Gasteiger partial charge in [0.05, 0.1) is 114 Å². The molecule has 29 atom stereocenters. The Balaban J connectivity index is 0.682. The molecule has 0 aromatic rings. The zero-order chi connectivity index (χ0) is 54.7. The maximum absolute atomic E-state index is 14.6. The highest BCUT2D eigenvalue weighted by molar-refractivity contribution is 14.1. The predicted molar refractivity (Wildman–Crippen MR) is 280 cm³/mol. The van der Waals surface area contributed by atoms with Crippen LogP contribution in [0.4, 0.5) is 0 Å². The van der Waals surface area contributed by atoms with Crippen molar-refractivity contribution in [2.24, 2.45) is 17.8 Å². The number of halogens is 1. The van der Waals surface area contributed by atoms with E-state index in [2.05, 4.69) is 49.6 Å². The number of aliphatic hydroxyl groups is 4. The van der Waals surface area contributed by atoms with E-state index in [1.807, 2.05) is 0 Å². The average molecular weight is 1230 g/mol. The Morgan fingerprint density at radius 3 is 2.16 bits per heavy atom. The zero-order valence-electron chi connectivity index (χ0n) is 45.3. The molecule has 0 aromatic heterocycles. The Labute approximate surface area is 474 Å². The van der Waals surface area contributed by atoms with E-state index >= 15 is 0 Å². The third-order valence-corrected chi connectivity index (χ3v) is 22.6. The first-order valence-corrected chi connectivity index (χ1v) is 31.2. The third kappa shape index (κ3) is 9.91. The lowest BCUT2D eigenvalue weighted by molar-refractivity contribution is -0.364. The van der Waals surface area contributed by atoms with Gasteiger partial charge >= 0.3 is 5.97 Å². The van der Waals surface area contributed by atoms with Gasteiger partial charge in [0.15, 0.2) is 17.7 Å². The zero-order valence-corrected chi connectivity index (χ0v) is 47.5. The van der Waals surface area contributed by atoms with Crippen LogP contribution in [0.15, 0.2) is 24.3 Å². The Morgan fingerprint density at radius 1 is 0.595 bits per heavy atom. The van der Waals surface area contributed by atoms with Gasteiger partial charge in [0.2, 0.25) is 11.6 Å². The molecule has 0 amide bonds. The Kier molecular flexibility index (Phi) is 14.5. The molecule has 4 unspecified atom stereocenters. The van der Waals surface area contributed by atoms with Crippen molar-refractivity contribution in [1.29, 1.82) is 0 Å². The molecule has 0 saturated carbocycles. The van der Waals surface area contributed by atoms with Gasteiger partial charge in [0.1, 0.15) is 30.2 Å². The molecule has 20 nitrogen and oxygen atoms in total. The molecular formula is C58H81IO20. The van der Waals surface area contributed by atoms with Crippen molar-refractivity contribution in [3.63, 3.8) is 0 Å². The van der Waals surface area contributed by atoms with Gasteiger partial charge in [-0.2, -0.15) is 0 Å². The number of carbonyl (C=O) groups excluding carboxylic acids is 1. The minimum Gasteiger partial charge on any atom is -0.481 e. The van der Waals surface area contributed by atoms with Crippen LogP contribution in [0.2, 0.25) is 0 Å². The molecule has 14 fully saturated rings. The smallest absolute Gasteiger partial charge is 0.306 e. The monoisotopic (exact) mass is 1220 g/mol. The van der Waals surface area contributed by atoms with Crippen molar-refractivity contribution in [3.05, 3.63) is 24.3 Å². The van der Waals surface area contributed by atoms with Crippen LogP contribution in [0.25, 0.3) is 0 Å². The van der Waals surface area contributed by atoms with Gasteiger partial charge in [-0.25, -0.2) is 0 Å². The number of rotatable bonds is 2. The molecule has 14 aliphatic heterocycles. The summed E-state index contributed by atoms with van der Waals surface area (Å²) in [6, 6.07) is 0. The third-order valence-electron chi connectivity index (χ3n) is 21.2. The number of hydrogen-bond acceptors (Lipinski definition) is 19. The van der Waals surface area contributed by atoms with E-state index in [-0.39, 0.29) is 129 Å². The van der Waals surface area contributed by atoms with Crippen molar-refractivity contribution in [3.8, 4) is 0 Å². The van der Waals surface area contributed by atoms with Crippen LogP contribution in [-0.4, -0.2) is 199 Å². The van der Waals surface area contributed by atoms with Gasteiger partial charge in [-0.05, 0) is 86.7 Å². The molecule has 440 valence electrons. The van der Waals surface area contributed by atoms with Gasteiger partial charge in [-0.1, -0.05) is 49.6 Å². The standard InChI is InChI=1S/C58H81IO20/c1-25-13-31-5-7-35-26(2)14-33(67-35)9-12-57-54(64)58(65,66)53(79-57)52-48(59)51(78-57)50-37(72-52)8-6-32(69-50)17-30(60)15-29-16-41-42(70-39(29)19-38(68-31)28(25)4)20-43-45(71-41)23-56(75-43)24-46-36(74-56)10-11-55(77-46)22-27(3)49-44(76-55)18-34(61)40(73-49)21-47(62)63/h25,27,29,31-46,48-54,61,64-66H,2,4-24H2,1,3H3,(H,62,63)/t25-,27+,29-,31+,32-,33+,34-,35+,36+,37+,38-,39+,40-,41?,42+,43-,44+,45?,46+,48+,49+,50+,51-,52-,53?,54?,55+,56-,57-/m1/s1. The van der Waals surface area contributed by atoms with Crippen molar-refractivity contribution in [2.75, 3.05) is 0 Å². The lowest BCUT2D eigenvalue weighted by Gasteiger charge is -2.53. The Bertz CT molecular complexity index is 2380. The van der Waals surface area contributed by atoms with Crippen LogP contribution in [-0.2, 0) is 71.2 Å². The highest BCUT2D eigenvalue weighted by atomic mass is 127. The summed E-state index contributed by atoms with van der Waals surface area (Å²) in [5.41, 5.74) is 2.02. The number of hydrogen-bond donors (Lipinski definition) is 5. The molecule has 0 aromatic carbocycles. The highest BCUT2D eigenvalue weighted by Crippen LogP contribution is 2.56. The lowest BCUT2D eigenvalue weighted by atomic mass is 9.78. The molecule has 14 aliphatic rings. The molecule has 14 saturated heterocycles. The first-order chi connectivity index (χ1) is 37.7. The molecule has 0 radical (unpaired) electrons. The van der Waals surface area contributed by atoms with E-state index in [1.54, 1.807) is 0 Å². The summed E-state index contributed by atoms with van der Waals surface area (Å²) in [6.07, 6.45) is -1.48. The predicted octanol–water partition coefficient (Wildman–Crippen LogP) is 4.52. The second kappa shape index (κ2) is 20.7. The van der Waals surface area contributed by atoms with Gasteiger partial charge in [0.25, 0.3) is 0 Å². The first kappa shape index (κ1) is 55.5. The van der Waals surface area contributed by atoms with Crippen LogP contribution in [0, 0.1) is 17.8 Å². The van der Waals surface area contributed by atoms with Crippen molar-refractivity contribution in [1.82, 2.24) is 0 Å². The minimum absolute atomic E-state index is 0.0145. The summed E-state index contributed by atoms with van der Waals surface area (Å²) in [4.78, 5) is 26.1. The summed E-state index contributed by atoms with van der Waals surface area (Å²) in [7, 11) is 0. The van der Waals surface area contributed by atoms with E-state index < -0.39 is 94.1 Å². The number of aliphatic carboxylic acids is 1. The summed E-state index contributed by atoms with van der Waals surface area (Å²) in [5, 5.41) is 54.9. The van der Waals surface area contributed by atoms with E-state index in [9.17, 15) is 35.1 Å². The van der Waals surface area contributed by atoms with Gasteiger partial charge in [0, 0.05) is 64.2 Å².